The monoisotopic (exact) mass is 422 g/mol. The van der Waals surface area contributed by atoms with Gasteiger partial charge < -0.3 is 9.73 Å². The van der Waals surface area contributed by atoms with Crippen molar-refractivity contribution in [3.05, 3.63) is 53.5 Å². The van der Waals surface area contributed by atoms with Gasteiger partial charge in [-0.3, -0.25) is 14.5 Å². The highest BCUT2D eigenvalue weighted by molar-refractivity contribution is 6.40. The fourth-order valence-electron chi connectivity index (χ4n) is 4.26. The molecule has 7 heteroatoms. The lowest BCUT2D eigenvalue weighted by atomic mass is 10.1. The molecule has 2 aromatic rings. The number of anilines is 1. The van der Waals surface area contributed by atoms with Crippen LogP contribution in [0.1, 0.15) is 55.0 Å². The number of hydrogen-bond donors (Lipinski definition) is 1. The average Bonchev–Trinajstić information content (AvgIpc) is 3.31. The van der Waals surface area contributed by atoms with Gasteiger partial charge in [0.05, 0.1) is 18.0 Å². The van der Waals surface area contributed by atoms with Crippen molar-refractivity contribution in [1.82, 2.24) is 10.2 Å². The number of carbonyl (C=O) groups is 2. The summed E-state index contributed by atoms with van der Waals surface area (Å²) < 4.78 is 5.66. The lowest BCUT2D eigenvalue weighted by Crippen LogP contribution is -2.44. The van der Waals surface area contributed by atoms with Crippen LogP contribution in [0.4, 0.5) is 5.69 Å². The van der Waals surface area contributed by atoms with E-state index >= 15 is 0 Å². The SMILES string of the molecule is Cc1ccc(C)c(N2N=C(C(=O)NCC(c3ccco3)N3CCCCC3)CCC2=O)c1. The maximum atomic E-state index is 13.0. The van der Waals surface area contributed by atoms with Crippen LogP contribution in [0.5, 0.6) is 0 Å². The summed E-state index contributed by atoms with van der Waals surface area (Å²) in [6.45, 7) is 6.36. The Morgan fingerprint density at radius 3 is 2.71 bits per heavy atom. The van der Waals surface area contributed by atoms with E-state index in [0.29, 0.717) is 18.7 Å². The first-order valence-corrected chi connectivity index (χ1v) is 11.1. The highest BCUT2D eigenvalue weighted by atomic mass is 16.3. The number of amides is 2. The Bertz CT molecular complexity index is 961. The van der Waals surface area contributed by atoms with Crippen molar-refractivity contribution in [2.24, 2.45) is 5.10 Å². The molecule has 1 unspecified atom stereocenters. The summed E-state index contributed by atoms with van der Waals surface area (Å²) in [4.78, 5) is 27.9. The predicted octanol–water partition coefficient (Wildman–Crippen LogP) is 3.72. The van der Waals surface area contributed by atoms with Gasteiger partial charge in [0, 0.05) is 19.4 Å². The number of likely N-dealkylation sites (tertiary alicyclic amines) is 1. The number of aryl methyl sites for hydroxylation is 2. The second-order valence-electron chi connectivity index (χ2n) is 8.38. The van der Waals surface area contributed by atoms with Gasteiger partial charge in [-0.05, 0) is 69.1 Å². The number of nitrogens with zero attached hydrogens (tertiary/aromatic N) is 3. The number of rotatable bonds is 6. The van der Waals surface area contributed by atoms with Crippen LogP contribution in [0, 0.1) is 13.8 Å². The van der Waals surface area contributed by atoms with Crippen LogP contribution >= 0.6 is 0 Å². The number of carbonyl (C=O) groups excluding carboxylic acids is 2. The Kier molecular flexibility index (Phi) is 6.51. The van der Waals surface area contributed by atoms with Crippen LogP contribution in [0.2, 0.25) is 0 Å². The maximum absolute atomic E-state index is 13.0. The summed E-state index contributed by atoms with van der Waals surface area (Å²) >= 11 is 0. The number of hydrazone groups is 1. The lowest BCUT2D eigenvalue weighted by molar-refractivity contribution is -0.119. The number of nitrogens with one attached hydrogen (secondary N) is 1. The van der Waals surface area contributed by atoms with Gasteiger partial charge in [-0.2, -0.15) is 5.10 Å². The second kappa shape index (κ2) is 9.47. The molecule has 164 valence electrons. The predicted molar refractivity (Wildman–Crippen MR) is 120 cm³/mol. The molecule has 1 aromatic heterocycles. The lowest BCUT2D eigenvalue weighted by Gasteiger charge is -2.33. The van der Waals surface area contributed by atoms with Crippen molar-refractivity contribution in [3.8, 4) is 0 Å². The molecule has 0 spiro atoms. The Morgan fingerprint density at radius 2 is 1.97 bits per heavy atom. The Labute approximate surface area is 183 Å². The zero-order valence-electron chi connectivity index (χ0n) is 18.3. The summed E-state index contributed by atoms with van der Waals surface area (Å²) in [5, 5.41) is 8.87. The van der Waals surface area contributed by atoms with Gasteiger partial charge in [-0.1, -0.05) is 18.6 Å². The highest BCUT2D eigenvalue weighted by Crippen LogP contribution is 2.26. The fourth-order valence-corrected chi connectivity index (χ4v) is 4.26. The third-order valence-electron chi connectivity index (χ3n) is 6.05. The number of hydrogen-bond acceptors (Lipinski definition) is 5. The zero-order valence-corrected chi connectivity index (χ0v) is 18.3. The number of benzene rings is 1. The van der Waals surface area contributed by atoms with Crippen LogP contribution in [0.25, 0.3) is 0 Å². The molecule has 4 rings (SSSR count). The van der Waals surface area contributed by atoms with E-state index in [1.165, 1.54) is 11.4 Å². The Morgan fingerprint density at radius 1 is 1.16 bits per heavy atom. The molecule has 2 amide bonds. The smallest absolute Gasteiger partial charge is 0.267 e. The van der Waals surface area contributed by atoms with Gasteiger partial charge in [0.1, 0.15) is 11.5 Å². The summed E-state index contributed by atoms with van der Waals surface area (Å²) in [5.74, 6) is 0.545. The third kappa shape index (κ3) is 4.88. The minimum absolute atomic E-state index is 0.000179. The van der Waals surface area contributed by atoms with E-state index in [2.05, 4.69) is 15.3 Å². The van der Waals surface area contributed by atoms with E-state index in [9.17, 15) is 9.59 Å². The standard InChI is InChI=1S/C24H30N4O3/c1-17-8-9-18(2)20(15-17)28-23(29)11-10-19(26-28)24(30)25-16-21(22-7-6-14-31-22)27-12-4-3-5-13-27/h6-9,14-15,21H,3-5,10-13,16H2,1-2H3,(H,25,30). The van der Waals surface area contributed by atoms with E-state index < -0.39 is 0 Å². The number of piperidine rings is 1. The van der Waals surface area contributed by atoms with Crippen molar-refractivity contribution >= 4 is 23.2 Å². The van der Waals surface area contributed by atoms with Gasteiger partial charge in [-0.25, -0.2) is 5.01 Å². The minimum atomic E-state index is -0.226. The normalized spacial score (nSPS) is 18.6. The average molecular weight is 423 g/mol. The molecule has 2 aliphatic heterocycles. The second-order valence-corrected chi connectivity index (χ2v) is 8.38. The van der Waals surface area contributed by atoms with Crippen LogP contribution < -0.4 is 10.3 Å². The van der Waals surface area contributed by atoms with Crippen LogP contribution in [-0.4, -0.2) is 42.1 Å². The summed E-state index contributed by atoms with van der Waals surface area (Å²) in [5.41, 5.74) is 3.12. The van der Waals surface area contributed by atoms with Crippen molar-refractivity contribution in [1.29, 1.82) is 0 Å². The van der Waals surface area contributed by atoms with E-state index in [1.54, 1.807) is 6.26 Å². The molecule has 0 bridgehead atoms. The van der Waals surface area contributed by atoms with Crippen molar-refractivity contribution in [2.75, 3.05) is 24.6 Å². The molecule has 31 heavy (non-hydrogen) atoms. The zero-order chi connectivity index (χ0) is 21.8. The van der Waals surface area contributed by atoms with Crippen LogP contribution in [0.3, 0.4) is 0 Å². The molecule has 1 atom stereocenters. The maximum Gasteiger partial charge on any atom is 0.267 e. The summed E-state index contributed by atoms with van der Waals surface area (Å²) in [7, 11) is 0. The molecule has 0 saturated carbocycles. The van der Waals surface area contributed by atoms with E-state index in [0.717, 1.165) is 48.5 Å². The molecule has 7 nitrogen and oxygen atoms in total. The van der Waals surface area contributed by atoms with Crippen molar-refractivity contribution in [3.63, 3.8) is 0 Å². The van der Waals surface area contributed by atoms with E-state index in [-0.39, 0.29) is 24.3 Å². The molecule has 0 radical (unpaired) electrons. The molecule has 2 aliphatic rings. The Balaban J connectivity index is 1.49. The first kappa shape index (κ1) is 21.3. The third-order valence-corrected chi connectivity index (χ3v) is 6.05. The molecule has 1 N–H and O–H groups in total. The molecule has 1 aromatic carbocycles. The Hall–Kier alpha value is -2.93. The van der Waals surface area contributed by atoms with E-state index in [1.807, 2.05) is 44.2 Å². The molecular weight excluding hydrogens is 392 g/mol. The van der Waals surface area contributed by atoms with Gasteiger partial charge in [-0.15, -0.1) is 0 Å². The van der Waals surface area contributed by atoms with Crippen LogP contribution in [-0.2, 0) is 9.59 Å². The van der Waals surface area contributed by atoms with Gasteiger partial charge in [0.15, 0.2) is 0 Å². The van der Waals surface area contributed by atoms with Crippen molar-refractivity contribution in [2.45, 2.75) is 52.0 Å². The molecule has 0 aliphatic carbocycles. The fraction of sp³-hybridized carbons (Fsp3) is 0.458. The van der Waals surface area contributed by atoms with Gasteiger partial charge in [0.25, 0.3) is 5.91 Å². The van der Waals surface area contributed by atoms with Crippen molar-refractivity contribution < 1.29 is 14.0 Å². The molecule has 1 fully saturated rings. The summed E-state index contributed by atoms with van der Waals surface area (Å²) in [6.07, 6.45) is 5.85. The van der Waals surface area contributed by atoms with E-state index in [4.69, 9.17) is 4.42 Å². The van der Waals surface area contributed by atoms with Crippen LogP contribution in [0.15, 0.2) is 46.1 Å². The molecule has 1 saturated heterocycles. The first-order chi connectivity index (χ1) is 15.0. The quantitative estimate of drug-likeness (QED) is 0.770. The van der Waals surface area contributed by atoms with Gasteiger partial charge in [0.2, 0.25) is 5.91 Å². The minimum Gasteiger partial charge on any atom is -0.468 e. The van der Waals surface area contributed by atoms with Gasteiger partial charge >= 0.3 is 0 Å². The summed E-state index contributed by atoms with van der Waals surface area (Å²) in [6, 6.07) is 9.74. The highest BCUT2D eigenvalue weighted by Gasteiger charge is 2.29. The topological polar surface area (TPSA) is 78.2 Å². The number of furan rings is 1. The molecular formula is C24H30N4O3. The largest absolute Gasteiger partial charge is 0.468 e. The first-order valence-electron chi connectivity index (χ1n) is 11.1. The molecule has 3 heterocycles.